The van der Waals surface area contributed by atoms with Crippen molar-refractivity contribution in [1.82, 2.24) is 4.98 Å². The first kappa shape index (κ1) is 17.3. The van der Waals surface area contributed by atoms with Crippen LogP contribution in [0.25, 0.3) is 22.0 Å². The van der Waals surface area contributed by atoms with Crippen molar-refractivity contribution in [1.29, 1.82) is 0 Å². The Bertz CT molecular complexity index is 1030. The van der Waals surface area contributed by atoms with Gasteiger partial charge in [-0.1, -0.05) is 23.7 Å². The number of hydrogen-bond acceptors (Lipinski definition) is 3. The van der Waals surface area contributed by atoms with E-state index in [1.54, 1.807) is 0 Å². The fraction of sp³-hybridized carbons (Fsp3) is 0.118. The van der Waals surface area contributed by atoms with E-state index < -0.39 is 29.4 Å². The molecule has 0 radical (unpaired) electrons. The van der Waals surface area contributed by atoms with Crippen LogP contribution in [0.15, 0.2) is 41.2 Å². The number of para-hydroxylation sites is 1. The molecule has 2 aromatic carbocycles. The molecule has 0 amide bonds. The lowest BCUT2D eigenvalue weighted by Crippen LogP contribution is -2.17. The zero-order valence-electron chi connectivity index (χ0n) is 12.5. The van der Waals surface area contributed by atoms with Crippen LogP contribution < -0.4 is 5.56 Å². The van der Waals surface area contributed by atoms with E-state index in [2.05, 4.69) is 4.98 Å². The molecule has 0 fully saturated rings. The molecule has 8 heteroatoms. The summed E-state index contributed by atoms with van der Waals surface area (Å²) in [6, 6.07) is 7.39. The fourth-order valence-corrected chi connectivity index (χ4v) is 2.94. The van der Waals surface area contributed by atoms with Crippen molar-refractivity contribution >= 4 is 22.5 Å². The number of pyridine rings is 1. The third kappa shape index (κ3) is 2.96. The summed E-state index contributed by atoms with van der Waals surface area (Å²) in [6.07, 6.45) is -4.68. The first-order valence-electron chi connectivity index (χ1n) is 7.09. The number of nitrogens with one attached hydrogen (secondary N) is 1. The van der Waals surface area contributed by atoms with Gasteiger partial charge in [0.05, 0.1) is 23.3 Å². The van der Waals surface area contributed by atoms with Gasteiger partial charge in [0.15, 0.2) is 0 Å². The van der Waals surface area contributed by atoms with Crippen LogP contribution in [0.4, 0.5) is 13.2 Å². The van der Waals surface area contributed by atoms with Crippen molar-refractivity contribution in [2.45, 2.75) is 12.8 Å². The van der Waals surface area contributed by atoms with E-state index in [1.165, 1.54) is 30.3 Å². The topological polar surface area (TPSA) is 73.3 Å². The highest BCUT2D eigenvalue weighted by atomic mass is 35.5. The zero-order chi connectivity index (χ0) is 18.4. The third-order valence-corrected chi connectivity index (χ3v) is 4.07. The molecule has 0 aliphatic rings. The van der Waals surface area contributed by atoms with Gasteiger partial charge in [-0.05, 0) is 24.3 Å². The zero-order valence-corrected chi connectivity index (χ0v) is 13.2. The van der Waals surface area contributed by atoms with E-state index in [-0.39, 0.29) is 32.8 Å². The van der Waals surface area contributed by atoms with Gasteiger partial charge in [0, 0.05) is 21.5 Å². The number of alkyl halides is 3. The van der Waals surface area contributed by atoms with Crippen LogP contribution in [0.1, 0.15) is 11.1 Å². The molecule has 0 atom stereocenters. The van der Waals surface area contributed by atoms with Gasteiger partial charge in [-0.15, -0.1) is 0 Å². The summed E-state index contributed by atoms with van der Waals surface area (Å²) >= 11 is 5.92. The molecule has 4 nitrogen and oxygen atoms in total. The van der Waals surface area contributed by atoms with E-state index in [0.717, 1.165) is 6.07 Å². The van der Waals surface area contributed by atoms with Gasteiger partial charge in [-0.25, -0.2) is 0 Å². The van der Waals surface area contributed by atoms with Crippen LogP contribution in [0, 0.1) is 0 Å². The van der Waals surface area contributed by atoms with Gasteiger partial charge in [0.25, 0.3) is 5.56 Å². The Morgan fingerprint density at radius 2 is 1.88 bits per heavy atom. The number of phenols is 1. The maximum atomic E-state index is 13.3. The monoisotopic (exact) mass is 369 g/mol. The standard InChI is InChI=1S/C17H11ClF3NO3/c18-8-4-5-13(24)10(6-8)14-9-2-1-3-12(17(19,20)21)15(9)22-16(25)11(14)7-23/h1-6,23-24H,7H2,(H,22,25). The average Bonchev–Trinajstić information content (AvgIpc) is 2.54. The number of rotatable bonds is 2. The quantitative estimate of drug-likeness (QED) is 0.637. The average molecular weight is 370 g/mol. The van der Waals surface area contributed by atoms with Gasteiger partial charge in [-0.2, -0.15) is 13.2 Å². The molecule has 1 heterocycles. The van der Waals surface area contributed by atoms with Gasteiger partial charge in [-0.3, -0.25) is 4.79 Å². The summed E-state index contributed by atoms with van der Waals surface area (Å²) in [5, 5.41) is 19.9. The minimum absolute atomic E-state index is 0.00681. The predicted molar refractivity (Wildman–Crippen MR) is 87.6 cm³/mol. The van der Waals surface area contributed by atoms with E-state index in [0.29, 0.717) is 0 Å². The van der Waals surface area contributed by atoms with Crippen LogP contribution in [-0.2, 0) is 12.8 Å². The Labute approximate surface area is 144 Å². The Hall–Kier alpha value is -2.51. The second kappa shape index (κ2) is 6.09. The number of H-pyrrole nitrogens is 1. The number of aromatic nitrogens is 1. The second-order valence-corrected chi connectivity index (χ2v) is 5.79. The first-order valence-corrected chi connectivity index (χ1v) is 7.46. The molecule has 0 aliphatic carbocycles. The number of aromatic hydroxyl groups is 1. The van der Waals surface area contributed by atoms with Gasteiger partial charge < -0.3 is 15.2 Å². The predicted octanol–water partition coefficient (Wildman–Crippen LogP) is 4.07. The Morgan fingerprint density at radius 1 is 1.16 bits per heavy atom. The molecule has 0 spiro atoms. The van der Waals surface area contributed by atoms with Crippen molar-refractivity contribution in [2.24, 2.45) is 0 Å². The fourth-order valence-electron chi connectivity index (χ4n) is 2.76. The first-order chi connectivity index (χ1) is 11.7. The van der Waals surface area contributed by atoms with Gasteiger partial charge >= 0.3 is 6.18 Å². The molecule has 3 rings (SSSR count). The minimum atomic E-state index is -4.68. The highest BCUT2D eigenvalue weighted by Gasteiger charge is 2.34. The molecule has 0 aliphatic heterocycles. The Morgan fingerprint density at radius 3 is 2.52 bits per heavy atom. The second-order valence-electron chi connectivity index (χ2n) is 5.35. The van der Waals surface area contributed by atoms with Crippen LogP contribution >= 0.6 is 11.6 Å². The number of aromatic amines is 1. The molecule has 0 bridgehead atoms. The third-order valence-electron chi connectivity index (χ3n) is 3.84. The maximum absolute atomic E-state index is 13.3. The number of halogens is 4. The molecule has 0 unspecified atom stereocenters. The summed E-state index contributed by atoms with van der Waals surface area (Å²) in [7, 11) is 0. The summed E-state index contributed by atoms with van der Waals surface area (Å²) in [6.45, 7) is -0.719. The van der Waals surface area contributed by atoms with E-state index in [9.17, 15) is 28.2 Å². The van der Waals surface area contributed by atoms with Gasteiger partial charge in [0.1, 0.15) is 5.75 Å². The SMILES string of the molecule is O=c1[nH]c2c(C(F)(F)F)cccc2c(-c2cc(Cl)ccc2O)c1CO. The maximum Gasteiger partial charge on any atom is 0.418 e. The van der Waals surface area contributed by atoms with E-state index in [4.69, 9.17) is 11.6 Å². The van der Waals surface area contributed by atoms with Crippen LogP contribution in [0.5, 0.6) is 5.75 Å². The Balaban J connectivity index is 2.53. The van der Waals surface area contributed by atoms with Crippen LogP contribution in [0.3, 0.4) is 0 Å². The van der Waals surface area contributed by atoms with Crippen molar-refractivity contribution < 1.29 is 23.4 Å². The number of aliphatic hydroxyl groups is 1. The molecule has 25 heavy (non-hydrogen) atoms. The van der Waals surface area contributed by atoms with Crippen molar-refractivity contribution in [3.05, 3.63) is 62.9 Å². The lowest BCUT2D eigenvalue weighted by molar-refractivity contribution is -0.136. The number of fused-ring (bicyclic) bond motifs is 1. The molecule has 1 aromatic heterocycles. The lowest BCUT2D eigenvalue weighted by Gasteiger charge is -2.16. The van der Waals surface area contributed by atoms with Crippen LogP contribution in [-0.4, -0.2) is 15.2 Å². The summed E-state index contributed by atoms with van der Waals surface area (Å²) in [4.78, 5) is 14.4. The largest absolute Gasteiger partial charge is 0.507 e. The summed E-state index contributed by atoms with van der Waals surface area (Å²) < 4.78 is 39.8. The van der Waals surface area contributed by atoms with E-state index >= 15 is 0 Å². The molecular weight excluding hydrogens is 359 g/mol. The molecule has 3 N–H and O–H groups in total. The molecule has 0 saturated carbocycles. The normalized spacial score (nSPS) is 11.9. The molecule has 0 saturated heterocycles. The highest BCUT2D eigenvalue weighted by molar-refractivity contribution is 6.31. The number of hydrogen-bond donors (Lipinski definition) is 3. The number of aliphatic hydroxyl groups excluding tert-OH is 1. The minimum Gasteiger partial charge on any atom is -0.507 e. The molecule has 3 aromatic rings. The lowest BCUT2D eigenvalue weighted by atomic mass is 9.94. The van der Waals surface area contributed by atoms with Crippen molar-refractivity contribution in [3.63, 3.8) is 0 Å². The number of benzene rings is 2. The Kier molecular flexibility index (Phi) is 4.22. The summed E-state index contributed by atoms with van der Waals surface area (Å²) in [5.41, 5.74) is -2.41. The molecule has 130 valence electrons. The van der Waals surface area contributed by atoms with Gasteiger partial charge in [0.2, 0.25) is 0 Å². The van der Waals surface area contributed by atoms with Crippen molar-refractivity contribution in [3.8, 4) is 16.9 Å². The van der Waals surface area contributed by atoms with Crippen LogP contribution in [0.2, 0.25) is 5.02 Å². The van der Waals surface area contributed by atoms with Crippen molar-refractivity contribution in [2.75, 3.05) is 0 Å². The summed E-state index contributed by atoms with van der Waals surface area (Å²) in [5.74, 6) is -0.275. The smallest absolute Gasteiger partial charge is 0.418 e. The number of phenolic OH excluding ortho intramolecular Hbond substituents is 1. The molecular formula is C17H11ClF3NO3. The van der Waals surface area contributed by atoms with E-state index in [1.807, 2.05) is 0 Å². The highest BCUT2D eigenvalue weighted by Crippen LogP contribution is 2.40.